The Morgan fingerprint density at radius 1 is 0.879 bits per heavy atom. The Balaban J connectivity index is 0.00000306. The zero-order chi connectivity index (χ0) is 22.0. The molecule has 0 aromatic carbocycles. The minimum absolute atomic E-state index is 0. The van der Waals surface area contributed by atoms with E-state index in [1.807, 2.05) is 30.7 Å². The molecule has 2 aromatic rings. The molecule has 33 heavy (non-hydrogen) atoms. The third kappa shape index (κ3) is 7.39. The average Bonchev–Trinajstić information content (AvgIpc) is 2.87. The Labute approximate surface area is 214 Å². The van der Waals surface area contributed by atoms with E-state index in [0.29, 0.717) is 0 Å². The van der Waals surface area contributed by atoms with Gasteiger partial charge in [0.05, 0.1) is 0 Å². The highest BCUT2D eigenvalue weighted by atomic mass is 127. The zero-order valence-corrected chi connectivity index (χ0v) is 21.8. The molecular weight excluding hydrogens is 529 g/mol. The maximum Gasteiger partial charge on any atom is 0.225 e. The standard InChI is InChI=1S/C23H35N9.HI/c1-2-24-22(32-19-17-30(18-20-32)21-7-3-4-8-25-21)28-11-6-12-29-13-15-31(16-14-29)23-26-9-5-10-27-23;/h3-5,7-10H,2,6,11-20H2,1H3,(H,24,28);1H. The van der Waals surface area contributed by atoms with Crippen LogP contribution in [0, 0.1) is 0 Å². The molecule has 2 aliphatic heterocycles. The molecule has 0 bridgehead atoms. The largest absolute Gasteiger partial charge is 0.357 e. The highest BCUT2D eigenvalue weighted by Crippen LogP contribution is 2.13. The monoisotopic (exact) mass is 565 g/mol. The third-order valence-corrected chi connectivity index (χ3v) is 5.99. The number of nitrogens with zero attached hydrogens (tertiary/aromatic N) is 8. The smallest absolute Gasteiger partial charge is 0.225 e. The van der Waals surface area contributed by atoms with Crippen LogP contribution in [0.15, 0.2) is 47.8 Å². The first kappa shape index (κ1) is 25.4. The molecule has 0 saturated carbocycles. The maximum absolute atomic E-state index is 4.92. The van der Waals surface area contributed by atoms with Crippen molar-refractivity contribution < 1.29 is 0 Å². The lowest BCUT2D eigenvalue weighted by Crippen LogP contribution is -2.52. The van der Waals surface area contributed by atoms with Crippen molar-refractivity contribution in [3.63, 3.8) is 0 Å². The minimum atomic E-state index is 0. The number of guanidine groups is 1. The predicted octanol–water partition coefficient (Wildman–Crippen LogP) is 1.79. The van der Waals surface area contributed by atoms with E-state index in [1.165, 1.54) is 0 Å². The summed E-state index contributed by atoms with van der Waals surface area (Å²) in [6.45, 7) is 12.9. The van der Waals surface area contributed by atoms with Crippen LogP contribution in [0.4, 0.5) is 11.8 Å². The van der Waals surface area contributed by atoms with Crippen LogP contribution in [0.3, 0.4) is 0 Å². The summed E-state index contributed by atoms with van der Waals surface area (Å²) in [6.07, 6.45) is 6.56. The summed E-state index contributed by atoms with van der Waals surface area (Å²) in [4.78, 5) is 27.6. The van der Waals surface area contributed by atoms with E-state index in [9.17, 15) is 0 Å². The molecule has 1 N–H and O–H groups in total. The van der Waals surface area contributed by atoms with Crippen molar-refractivity contribution in [1.29, 1.82) is 0 Å². The number of hydrogen-bond acceptors (Lipinski definition) is 7. The average molecular weight is 566 g/mol. The second-order valence-corrected chi connectivity index (χ2v) is 8.13. The van der Waals surface area contributed by atoms with Gasteiger partial charge in [-0.25, -0.2) is 15.0 Å². The fraction of sp³-hybridized carbons (Fsp3) is 0.565. The summed E-state index contributed by atoms with van der Waals surface area (Å²) < 4.78 is 0. The summed E-state index contributed by atoms with van der Waals surface area (Å²) in [6, 6.07) is 7.97. The van der Waals surface area contributed by atoms with E-state index < -0.39 is 0 Å². The minimum Gasteiger partial charge on any atom is -0.357 e. The lowest BCUT2D eigenvalue weighted by atomic mass is 10.3. The second kappa shape index (κ2) is 13.5. The van der Waals surface area contributed by atoms with E-state index in [4.69, 9.17) is 4.99 Å². The molecule has 2 aromatic heterocycles. The van der Waals surface area contributed by atoms with Crippen LogP contribution in [0.5, 0.6) is 0 Å². The van der Waals surface area contributed by atoms with Gasteiger partial charge >= 0.3 is 0 Å². The number of aliphatic imine (C=N–C) groups is 1. The molecule has 4 heterocycles. The lowest BCUT2D eigenvalue weighted by molar-refractivity contribution is 0.255. The van der Waals surface area contributed by atoms with Crippen molar-refractivity contribution >= 4 is 41.7 Å². The van der Waals surface area contributed by atoms with Crippen LogP contribution in [-0.4, -0.2) is 103 Å². The predicted molar refractivity (Wildman–Crippen MR) is 145 cm³/mol. The molecule has 0 aliphatic carbocycles. The summed E-state index contributed by atoms with van der Waals surface area (Å²) in [5.41, 5.74) is 0. The van der Waals surface area contributed by atoms with Gasteiger partial charge in [-0.3, -0.25) is 9.89 Å². The summed E-state index contributed by atoms with van der Waals surface area (Å²) in [7, 11) is 0. The SMILES string of the molecule is CCNC(=NCCCN1CCN(c2ncccn2)CC1)N1CCN(c2ccccn2)CC1.I. The van der Waals surface area contributed by atoms with Gasteiger partial charge in [0.25, 0.3) is 0 Å². The Kier molecular flexibility index (Phi) is 10.4. The molecule has 0 unspecified atom stereocenters. The molecule has 0 spiro atoms. The normalized spacial score (nSPS) is 17.6. The van der Waals surface area contributed by atoms with Crippen molar-refractivity contribution in [1.82, 2.24) is 30.1 Å². The Morgan fingerprint density at radius 3 is 2.24 bits per heavy atom. The van der Waals surface area contributed by atoms with Gasteiger partial charge in [0.15, 0.2) is 5.96 Å². The Bertz CT molecular complexity index is 820. The van der Waals surface area contributed by atoms with Gasteiger partial charge in [-0.2, -0.15) is 0 Å². The van der Waals surface area contributed by atoms with Crippen molar-refractivity contribution in [2.24, 2.45) is 4.99 Å². The van der Waals surface area contributed by atoms with Crippen LogP contribution < -0.4 is 15.1 Å². The number of piperazine rings is 2. The van der Waals surface area contributed by atoms with E-state index in [1.54, 1.807) is 0 Å². The van der Waals surface area contributed by atoms with Gasteiger partial charge in [-0.15, -0.1) is 24.0 Å². The summed E-state index contributed by atoms with van der Waals surface area (Å²) in [5, 5.41) is 3.48. The van der Waals surface area contributed by atoms with Crippen LogP contribution in [-0.2, 0) is 0 Å². The Morgan fingerprint density at radius 2 is 1.58 bits per heavy atom. The van der Waals surface area contributed by atoms with Gasteiger partial charge < -0.3 is 20.0 Å². The van der Waals surface area contributed by atoms with Crippen molar-refractivity contribution in [3.05, 3.63) is 42.9 Å². The molecule has 180 valence electrons. The molecule has 2 aliphatic rings. The van der Waals surface area contributed by atoms with Crippen LogP contribution in [0.1, 0.15) is 13.3 Å². The molecule has 0 radical (unpaired) electrons. The van der Waals surface area contributed by atoms with E-state index in [0.717, 1.165) is 96.1 Å². The van der Waals surface area contributed by atoms with Gasteiger partial charge in [0.2, 0.25) is 5.95 Å². The lowest BCUT2D eigenvalue weighted by Gasteiger charge is -2.37. The highest BCUT2D eigenvalue weighted by molar-refractivity contribution is 14.0. The number of aromatic nitrogens is 3. The van der Waals surface area contributed by atoms with Crippen LogP contribution in [0.25, 0.3) is 0 Å². The number of nitrogens with one attached hydrogen (secondary N) is 1. The van der Waals surface area contributed by atoms with Gasteiger partial charge in [-0.1, -0.05) is 6.07 Å². The fourth-order valence-electron chi connectivity index (χ4n) is 4.22. The second-order valence-electron chi connectivity index (χ2n) is 8.13. The van der Waals surface area contributed by atoms with Crippen LogP contribution >= 0.6 is 24.0 Å². The number of hydrogen-bond donors (Lipinski definition) is 1. The first-order valence-electron chi connectivity index (χ1n) is 11.8. The zero-order valence-electron chi connectivity index (χ0n) is 19.5. The van der Waals surface area contributed by atoms with Crippen molar-refractivity contribution in [3.8, 4) is 0 Å². The molecule has 4 rings (SSSR count). The first-order chi connectivity index (χ1) is 15.8. The van der Waals surface area contributed by atoms with E-state index in [-0.39, 0.29) is 24.0 Å². The molecular formula is C23H36IN9. The van der Waals surface area contributed by atoms with Gasteiger partial charge in [0, 0.05) is 90.6 Å². The molecule has 0 amide bonds. The van der Waals surface area contributed by atoms with Crippen molar-refractivity contribution in [2.45, 2.75) is 13.3 Å². The van der Waals surface area contributed by atoms with E-state index >= 15 is 0 Å². The van der Waals surface area contributed by atoms with Crippen molar-refractivity contribution in [2.75, 3.05) is 81.8 Å². The number of halogens is 1. The summed E-state index contributed by atoms with van der Waals surface area (Å²) in [5.74, 6) is 2.95. The molecule has 0 atom stereocenters. The van der Waals surface area contributed by atoms with Crippen LogP contribution in [0.2, 0.25) is 0 Å². The number of anilines is 2. The summed E-state index contributed by atoms with van der Waals surface area (Å²) >= 11 is 0. The molecule has 9 nitrogen and oxygen atoms in total. The quantitative estimate of drug-likeness (QED) is 0.236. The number of pyridine rings is 1. The topological polar surface area (TPSA) is 76.0 Å². The number of rotatable bonds is 7. The molecule has 2 saturated heterocycles. The molecule has 10 heteroatoms. The molecule has 2 fully saturated rings. The van der Waals surface area contributed by atoms with Gasteiger partial charge in [0.1, 0.15) is 5.82 Å². The fourth-order valence-corrected chi connectivity index (χ4v) is 4.22. The third-order valence-electron chi connectivity index (χ3n) is 5.99. The van der Waals surface area contributed by atoms with Gasteiger partial charge in [-0.05, 0) is 31.5 Å². The Hall–Kier alpha value is -2.21. The van der Waals surface area contributed by atoms with E-state index in [2.05, 4.69) is 58.9 Å². The highest BCUT2D eigenvalue weighted by Gasteiger charge is 2.21. The first-order valence-corrected chi connectivity index (χ1v) is 11.8. The maximum atomic E-state index is 4.92.